The van der Waals surface area contributed by atoms with Gasteiger partial charge in [-0.05, 0) is 49.7 Å². The summed E-state index contributed by atoms with van der Waals surface area (Å²) in [5.41, 5.74) is 2.10. The quantitative estimate of drug-likeness (QED) is 0.510. The van der Waals surface area contributed by atoms with Crippen LogP contribution >= 0.6 is 0 Å². The molecule has 11 heteroatoms. The van der Waals surface area contributed by atoms with Crippen LogP contribution in [0.15, 0.2) is 58.2 Å². The third-order valence-corrected chi connectivity index (χ3v) is 7.30. The maximum Gasteiger partial charge on any atom is 0.262 e. The summed E-state index contributed by atoms with van der Waals surface area (Å²) in [6.07, 6.45) is 0. The highest BCUT2D eigenvalue weighted by Gasteiger charge is 2.26. The largest absolute Gasteiger partial charge is 0.483 e. The average molecular weight is 499 g/mol. The summed E-state index contributed by atoms with van der Waals surface area (Å²) in [5, 5.41) is 2.75. The van der Waals surface area contributed by atoms with E-state index < -0.39 is 15.9 Å². The first-order chi connectivity index (χ1) is 16.7. The number of H-pyrrole nitrogens is 1. The van der Waals surface area contributed by atoms with Gasteiger partial charge in [0.15, 0.2) is 6.61 Å². The van der Waals surface area contributed by atoms with Gasteiger partial charge >= 0.3 is 0 Å². The Bertz CT molecular complexity index is 1400. The van der Waals surface area contributed by atoms with Crippen LogP contribution in [0.25, 0.3) is 11.4 Å². The van der Waals surface area contributed by atoms with E-state index in [1.165, 1.54) is 22.5 Å². The van der Waals surface area contributed by atoms with Crippen LogP contribution < -0.4 is 15.6 Å². The molecule has 1 aliphatic rings. The number of carbonyl (C=O) groups is 1. The zero-order valence-electron chi connectivity index (χ0n) is 19.4. The number of nitrogens with one attached hydrogen (secondary N) is 2. The van der Waals surface area contributed by atoms with Crippen LogP contribution in [0.1, 0.15) is 11.3 Å². The van der Waals surface area contributed by atoms with Crippen LogP contribution in [0.3, 0.4) is 0 Å². The van der Waals surface area contributed by atoms with Gasteiger partial charge in [-0.25, -0.2) is 13.4 Å². The fraction of sp³-hybridized carbons (Fsp3) is 0.292. The van der Waals surface area contributed by atoms with Gasteiger partial charge in [0, 0.05) is 36.1 Å². The molecule has 1 aromatic heterocycles. The number of ether oxygens (including phenoxy) is 2. The molecule has 1 fully saturated rings. The predicted molar refractivity (Wildman–Crippen MR) is 130 cm³/mol. The Morgan fingerprint density at radius 2 is 1.91 bits per heavy atom. The van der Waals surface area contributed by atoms with Crippen LogP contribution in [0, 0.1) is 13.8 Å². The fourth-order valence-corrected chi connectivity index (χ4v) is 5.17. The lowest BCUT2D eigenvalue weighted by atomic mass is 10.2. The highest BCUT2D eigenvalue weighted by Crippen LogP contribution is 2.25. The Morgan fingerprint density at radius 3 is 2.63 bits per heavy atom. The normalized spacial score (nSPS) is 14.5. The van der Waals surface area contributed by atoms with Crippen molar-refractivity contribution in [2.24, 2.45) is 0 Å². The third-order valence-electron chi connectivity index (χ3n) is 5.40. The van der Waals surface area contributed by atoms with Crippen molar-refractivity contribution in [2.45, 2.75) is 18.7 Å². The van der Waals surface area contributed by atoms with Gasteiger partial charge in [-0.2, -0.15) is 4.31 Å². The van der Waals surface area contributed by atoms with Crippen LogP contribution in [0.2, 0.25) is 0 Å². The molecular weight excluding hydrogens is 472 g/mol. The van der Waals surface area contributed by atoms with Gasteiger partial charge in [-0.3, -0.25) is 9.59 Å². The zero-order valence-corrected chi connectivity index (χ0v) is 20.2. The molecular formula is C24H26N4O6S. The summed E-state index contributed by atoms with van der Waals surface area (Å²) in [6.45, 7) is 4.57. The number of aromatic nitrogens is 2. The molecule has 0 spiro atoms. The molecule has 0 saturated carbocycles. The number of aromatic amines is 1. The van der Waals surface area contributed by atoms with Gasteiger partial charge in [0.1, 0.15) is 11.6 Å². The second-order valence-electron chi connectivity index (χ2n) is 8.10. The number of anilines is 1. The Kier molecular flexibility index (Phi) is 7.29. The number of rotatable bonds is 7. The molecule has 184 valence electrons. The molecule has 0 radical (unpaired) electrons. The first kappa shape index (κ1) is 24.6. The van der Waals surface area contributed by atoms with Crippen LogP contribution in [-0.4, -0.2) is 61.5 Å². The molecule has 1 saturated heterocycles. The van der Waals surface area contributed by atoms with E-state index in [0.29, 0.717) is 60.4 Å². The first-order valence-electron chi connectivity index (χ1n) is 11.0. The molecule has 35 heavy (non-hydrogen) atoms. The van der Waals surface area contributed by atoms with Crippen molar-refractivity contribution < 1.29 is 22.7 Å². The van der Waals surface area contributed by atoms with Crippen molar-refractivity contribution in [3.63, 3.8) is 0 Å². The topological polar surface area (TPSA) is 131 Å². The molecule has 10 nitrogen and oxygen atoms in total. The number of hydrogen-bond acceptors (Lipinski definition) is 7. The zero-order chi connectivity index (χ0) is 25.0. The van der Waals surface area contributed by atoms with Gasteiger partial charge in [-0.1, -0.05) is 12.1 Å². The molecule has 3 aromatic rings. The van der Waals surface area contributed by atoms with E-state index in [0.717, 1.165) is 0 Å². The molecule has 0 atom stereocenters. The Hall–Kier alpha value is -3.54. The lowest BCUT2D eigenvalue weighted by Crippen LogP contribution is -2.40. The minimum Gasteiger partial charge on any atom is -0.483 e. The Morgan fingerprint density at radius 1 is 1.14 bits per heavy atom. The predicted octanol–water partition coefficient (Wildman–Crippen LogP) is 2.09. The third kappa shape index (κ3) is 5.94. The number of hydrogen-bond donors (Lipinski definition) is 2. The van der Waals surface area contributed by atoms with E-state index in [4.69, 9.17) is 9.47 Å². The maximum atomic E-state index is 12.8. The molecule has 4 rings (SSSR count). The number of benzene rings is 2. The van der Waals surface area contributed by atoms with Crippen LogP contribution in [0.5, 0.6) is 5.75 Å². The van der Waals surface area contributed by atoms with Crippen molar-refractivity contribution in [3.8, 4) is 17.1 Å². The first-order valence-corrected chi connectivity index (χ1v) is 12.5. The summed E-state index contributed by atoms with van der Waals surface area (Å²) < 4.78 is 37.9. The maximum absolute atomic E-state index is 12.8. The number of amides is 1. The SMILES string of the molecule is Cc1cc(=O)[nH]c(-c2cccc(NC(=O)COc3ccc(S(=O)(=O)N4CCOCC4)cc3C)c2)n1. The smallest absolute Gasteiger partial charge is 0.262 e. The van der Waals surface area contributed by atoms with Crippen LogP contribution in [-0.2, 0) is 19.6 Å². The minimum absolute atomic E-state index is 0.174. The monoisotopic (exact) mass is 498 g/mol. The van der Waals surface area contributed by atoms with Gasteiger partial charge in [0.2, 0.25) is 10.0 Å². The number of morpholine rings is 1. The molecule has 2 N–H and O–H groups in total. The number of aryl methyl sites for hydroxylation is 2. The van der Waals surface area contributed by atoms with E-state index in [1.54, 1.807) is 44.2 Å². The van der Waals surface area contributed by atoms with E-state index in [1.807, 2.05) is 0 Å². The van der Waals surface area contributed by atoms with Gasteiger partial charge in [0.25, 0.3) is 11.5 Å². The fourth-order valence-electron chi connectivity index (χ4n) is 3.68. The second kappa shape index (κ2) is 10.4. The van der Waals surface area contributed by atoms with Gasteiger partial charge < -0.3 is 19.8 Å². The number of sulfonamides is 1. The van der Waals surface area contributed by atoms with Gasteiger partial charge in [0.05, 0.1) is 18.1 Å². The van der Waals surface area contributed by atoms with Crippen molar-refractivity contribution in [1.82, 2.24) is 14.3 Å². The van der Waals surface area contributed by atoms with Crippen molar-refractivity contribution in [1.29, 1.82) is 0 Å². The van der Waals surface area contributed by atoms with Crippen molar-refractivity contribution in [2.75, 3.05) is 38.2 Å². The summed E-state index contributed by atoms with van der Waals surface area (Å²) in [6, 6.07) is 12.9. The minimum atomic E-state index is -3.61. The van der Waals surface area contributed by atoms with Crippen molar-refractivity contribution in [3.05, 3.63) is 70.1 Å². The summed E-state index contributed by atoms with van der Waals surface area (Å²) in [5.74, 6) is 0.429. The highest BCUT2D eigenvalue weighted by atomic mass is 32.2. The lowest BCUT2D eigenvalue weighted by molar-refractivity contribution is -0.118. The second-order valence-corrected chi connectivity index (χ2v) is 10.0. The van der Waals surface area contributed by atoms with E-state index >= 15 is 0 Å². The number of carbonyl (C=O) groups excluding carboxylic acids is 1. The summed E-state index contributed by atoms with van der Waals surface area (Å²) >= 11 is 0. The average Bonchev–Trinajstić information content (AvgIpc) is 2.83. The molecule has 2 heterocycles. The van der Waals surface area contributed by atoms with Crippen LogP contribution in [0.4, 0.5) is 5.69 Å². The molecule has 0 unspecified atom stereocenters. The summed E-state index contributed by atoms with van der Waals surface area (Å²) in [7, 11) is -3.61. The molecule has 0 aliphatic carbocycles. The summed E-state index contributed by atoms with van der Waals surface area (Å²) in [4.78, 5) is 31.4. The van der Waals surface area contributed by atoms with Gasteiger partial charge in [-0.15, -0.1) is 0 Å². The molecule has 2 aromatic carbocycles. The Balaban J connectivity index is 1.40. The molecule has 0 bridgehead atoms. The standard InChI is InChI=1S/C24H26N4O6S/c1-16-12-20(35(31,32)28-8-10-33-11-9-28)6-7-21(16)34-15-23(30)26-19-5-3-4-18(14-19)24-25-17(2)13-22(29)27-24/h3-7,12-14H,8-11,15H2,1-2H3,(H,26,30)(H,25,27,29). The lowest BCUT2D eigenvalue weighted by Gasteiger charge is -2.26. The molecule has 1 amide bonds. The Labute approximate surface area is 203 Å². The highest BCUT2D eigenvalue weighted by molar-refractivity contribution is 7.89. The van der Waals surface area contributed by atoms with E-state index in [-0.39, 0.29) is 17.1 Å². The van der Waals surface area contributed by atoms with Crippen molar-refractivity contribution >= 4 is 21.6 Å². The van der Waals surface area contributed by atoms with E-state index in [9.17, 15) is 18.0 Å². The molecule has 1 aliphatic heterocycles. The van der Waals surface area contributed by atoms with E-state index in [2.05, 4.69) is 15.3 Å². The number of nitrogens with zero attached hydrogens (tertiary/aromatic N) is 2.